The van der Waals surface area contributed by atoms with Gasteiger partial charge in [-0.05, 0) is 12.0 Å². The lowest BCUT2D eigenvalue weighted by Crippen LogP contribution is -1.73. The minimum absolute atomic E-state index is 1.14. The quantitative estimate of drug-likeness (QED) is 0.525. The van der Waals surface area contributed by atoms with Crippen molar-refractivity contribution in [2.75, 3.05) is 0 Å². The van der Waals surface area contributed by atoms with Crippen LogP contribution in [-0.4, -0.2) is 10.5 Å². The zero-order valence-electron chi connectivity index (χ0n) is 10.7. The average Bonchev–Trinajstić information content (AvgIpc) is 2.36. The van der Waals surface area contributed by atoms with E-state index in [2.05, 4.69) is 45.0 Å². The first-order valence-corrected chi connectivity index (χ1v) is 5.59. The monoisotopic (exact) mass is 214 g/mol. The number of aryl methyl sites for hydroxylation is 1. The number of rotatable bonds is 1. The van der Waals surface area contributed by atoms with Crippen molar-refractivity contribution in [1.82, 2.24) is 0 Å². The first-order chi connectivity index (χ1) is 7.35. The van der Waals surface area contributed by atoms with Crippen LogP contribution in [0, 0.1) is 0 Å². The molecule has 0 saturated heterocycles. The fourth-order valence-electron chi connectivity index (χ4n) is 0.714. The standard InChI is InChI=1S/C8H10.C3H8.C2H6.H2O2/c1-2-8-6-4-3-5-7-8;1-3-2;2*1-2/h3-7H,2H2,1H3;3H2,1-2H3;1-2H3;1-2H. The first-order valence-electron chi connectivity index (χ1n) is 5.59. The fraction of sp³-hybridized carbons (Fsp3) is 0.538. The van der Waals surface area contributed by atoms with Crippen molar-refractivity contribution in [1.29, 1.82) is 0 Å². The van der Waals surface area contributed by atoms with Gasteiger partial charge >= 0.3 is 0 Å². The molecule has 0 bridgehead atoms. The summed E-state index contributed by atoms with van der Waals surface area (Å²) in [5, 5.41) is 12.0. The van der Waals surface area contributed by atoms with Gasteiger partial charge in [0.25, 0.3) is 0 Å². The molecule has 0 spiro atoms. The van der Waals surface area contributed by atoms with Crippen molar-refractivity contribution in [2.24, 2.45) is 0 Å². The normalized spacial score (nSPS) is 6.87. The van der Waals surface area contributed by atoms with Crippen LogP contribution in [0.2, 0.25) is 0 Å². The third-order valence-electron chi connectivity index (χ3n) is 1.25. The van der Waals surface area contributed by atoms with Gasteiger partial charge in [0.2, 0.25) is 0 Å². The van der Waals surface area contributed by atoms with E-state index >= 15 is 0 Å². The molecule has 0 aliphatic carbocycles. The molecular weight excluding hydrogens is 188 g/mol. The summed E-state index contributed by atoms with van der Waals surface area (Å²) >= 11 is 0. The third kappa shape index (κ3) is 19.5. The molecule has 90 valence electrons. The Morgan fingerprint density at radius 2 is 1.20 bits per heavy atom. The van der Waals surface area contributed by atoms with E-state index in [1.807, 2.05) is 19.9 Å². The summed E-state index contributed by atoms with van der Waals surface area (Å²) in [7, 11) is 0. The largest absolute Gasteiger partial charge is 0.255 e. The Balaban J connectivity index is -0.000000176. The zero-order chi connectivity index (χ0) is 12.5. The predicted molar refractivity (Wildman–Crippen MR) is 68.4 cm³/mol. The highest BCUT2D eigenvalue weighted by Crippen LogP contribution is 1.96. The summed E-state index contributed by atoms with van der Waals surface area (Å²) in [6, 6.07) is 10.5. The van der Waals surface area contributed by atoms with Gasteiger partial charge in [-0.1, -0.05) is 71.4 Å². The van der Waals surface area contributed by atoms with Gasteiger partial charge in [0, 0.05) is 0 Å². The molecule has 1 aromatic rings. The lowest BCUT2D eigenvalue weighted by Gasteiger charge is -1.89. The molecule has 2 nitrogen and oxygen atoms in total. The molecule has 0 aliphatic rings. The van der Waals surface area contributed by atoms with E-state index in [1.165, 1.54) is 12.0 Å². The summed E-state index contributed by atoms with van der Waals surface area (Å²) in [5.41, 5.74) is 1.41. The van der Waals surface area contributed by atoms with E-state index in [-0.39, 0.29) is 0 Å². The molecule has 2 heteroatoms. The van der Waals surface area contributed by atoms with Crippen LogP contribution in [0.5, 0.6) is 0 Å². The fourth-order valence-corrected chi connectivity index (χ4v) is 0.714. The highest BCUT2D eigenvalue weighted by molar-refractivity contribution is 5.13. The van der Waals surface area contributed by atoms with Gasteiger partial charge in [-0.3, -0.25) is 10.5 Å². The topological polar surface area (TPSA) is 40.5 Å². The second-order valence-corrected chi connectivity index (χ2v) is 2.55. The second-order valence-electron chi connectivity index (χ2n) is 2.55. The Hall–Kier alpha value is -0.860. The van der Waals surface area contributed by atoms with Crippen molar-refractivity contribution in [2.45, 2.75) is 47.5 Å². The van der Waals surface area contributed by atoms with Gasteiger partial charge in [0.05, 0.1) is 0 Å². The Bertz CT molecular complexity index is 161. The number of hydrogen-bond donors (Lipinski definition) is 2. The molecule has 15 heavy (non-hydrogen) atoms. The molecule has 0 amide bonds. The third-order valence-corrected chi connectivity index (χ3v) is 1.25. The molecule has 0 aliphatic heterocycles. The van der Waals surface area contributed by atoms with Gasteiger partial charge in [0.1, 0.15) is 0 Å². The van der Waals surface area contributed by atoms with Gasteiger partial charge < -0.3 is 0 Å². The van der Waals surface area contributed by atoms with Crippen molar-refractivity contribution >= 4 is 0 Å². The van der Waals surface area contributed by atoms with E-state index in [1.54, 1.807) is 0 Å². The molecule has 0 unspecified atom stereocenters. The van der Waals surface area contributed by atoms with Crippen molar-refractivity contribution < 1.29 is 10.5 Å². The van der Waals surface area contributed by atoms with E-state index in [0.717, 1.165) is 6.42 Å². The minimum Gasteiger partial charge on any atom is -0.255 e. The van der Waals surface area contributed by atoms with E-state index < -0.39 is 0 Å². The Kier molecular flexibility index (Phi) is 30.4. The molecule has 2 N–H and O–H groups in total. The van der Waals surface area contributed by atoms with Gasteiger partial charge in [0.15, 0.2) is 0 Å². The van der Waals surface area contributed by atoms with Crippen molar-refractivity contribution in [3.8, 4) is 0 Å². The lowest BCUT2D eigenvalue weighted by molar-refractivity contribution is -0.176. The van der Waals surface area contributed by atoms with Crippen LogP contribution in [0.15, 0.2) is 30.3 Å². The maximum absolute atomic E-state index is 6.00. The molecule has 0 atom stereocenters. The van der Waals surface area contributed by atoms with Crippen LogP contribution in [0.3, 0.4) is 0 Å². The van der Waals surface area contributed by atoms with Crippen LogP contribution in [0.4, 0.5) is 0 Å². The molecule has 1 aromatic carbocycles. The van der Waals surface area contributed by atoms with Gasteiger partial charge in [-0.2, -0.15) is 0 Å². The zero-order valence-corrected chi connectivity index (χ0v) is 10.7. The molecule has 0 fully saturated rings. The van der Waals surface area contributed by atoms with Crippen molar-refractivity contribution in [3.05, 3.63) is 35.9 Å². The smallest absolute Gasteiger partial charge is 0.0307 e. The summed E-state index contributed by atoms with van der Waals surface area (Å²) in [4.78, 5) is 0. The summed E-state index contributed by atoms with van der Waals surface area (Å²) in [5.74, 6) is 0. The average molecular weight is 214 g/mol. The molecule has 0 aromatic heterocycles. The minimum atomic E-state index is 1.14. The predicted octanol–water partition coefficient (Wildman–Crippen LogP) is 4.71. The van der Waals surface area contributed by atoms with Crippen LogP contribution in [-0.2, 0) is 6.42 Å². The molecule has 0 heterocycles. The summed E-state index contributed by atoms with van der Waals surface area (Å²) < 4.78 is 0. The Morgan fingerprint density at radius 3 is 1.40 bits per heavy atom. The highest BCUT2D eigenvalue weighted by Gasteiger charge is 1.79. The van der Waals surface area contributed by atoms with Crippen LogP contribution in [0.25, 0.3) is 0 Å². The first kappa shape index (κ1) is 19.7. The number of hydrogen-bond acceptors (Lipinski definition) is 2. The van der Waals surface area contributed by atoms with Crippen LogP contribution in [0.1, 0.15) is 46.6 Å². The number of benzene rings is 1. The summed E-state index contributed by atoms with van der Waals surface area (Å²) in [6.07, 6.45) is 2.39. The maximum Gasteiger partial charge on any atom is -0.0307 e. The van der Waals surface area contributed by atoms with E-state index in [9.17, 15) is 0 Å². The van der Waals surface area contributed by atoms with Crippen LogP contribution >= 0.6 is 0 Å². The summed E-state index contributed by atoms with van der Waals surface area (Å²) in [6.45, 7) is 10.4. The highest BCUT2D eigenvalue weighted by atomic mass is 17.0. The SMILES string of the molecule is CC.CCC.CCc1ccccc1.OO. The van der Waals surface area contributed by atoms with E-state index in [0.29, 0.717) is 0 Å². The maximum atomic E-state index is 6.00. The van der Waals surface area contributed by atoms with Gasteiger partial charge in [-0.25, -0.2) is 0 Å². The van der Waals surface area contributed by atoms with Gasteiger partial charge in [-0.15, -0.1) is 0 Å². The van der Waals surface area contributed by atoms with Crippen molar-refractivity contribution in [3.63, 3.8) is 0 Å². The Morgan fingerprint density at radius 1 is 0.867 bits per heavy atom. The molecule has 0 saturated carbocycles. The Labute approximate surface area is 94.5 Å². The van der Waals surface area contributed by atoms with Crippen LogP contribution < -0.4 is 0 Å². The molecule has 1 rings (SSSR count). The lowest BCUT2D eigenvalue weighted by atomic mass is 10.2. The van der Waals surface area contributed by atoms with E-state index in [4.69, 9.17) is 10.5 Å². The molecular formula is C13H26O2. The second kappa shape index (κ2) is 23.2. The molecule has 0 radical (unpaired) electrons.